The average molecular weight is 246 g/mol. The summed E-state index contributed by atoms with van der Waals surface area (Å²) in [7, 11) is 0. The van der Waals surface area contributed by atoms with Crippen LogP contribution in [0.15, 0.2) is 24.3 Å². The quantitative estimate of drug-likeness (QED) is 0.635. The molecule has 0 radical (unpaired) electrons. The number of ketones is 1. The molecule has 1 heteroatoms. The molecule has 0 spiro atoms. The van der Waals surface area contributed by atoms with Crippen molar-refractivity contribution in [3.05, 3.63) is 35.4 Å². The minimum absolute atomic E-state index is 0.0506. The summed E-state index contributed by atoms with van der Waals surface area (Å²) < 4.78 is 0. The molecule has 1 atom stereocenters. The smallest absolute Gasteiger partial charge is 0.137 e. The predicted molar refractivity (Wildman–Crippen MR) is 77.9 cm³/mol. The van der Waals surface area contributed by atoms with E-state index in [1.165, 1.54) is 24.8 Å². The fourth-order valence-electron chi connectivity index (χ4n) is 2.56. The van der Waals surface area contributed by atoms with E-state index in [1.54, 1.807) is 6.92 Å². The molecule has 0 aliphatic heterocycles. The average Bonchev–Trinajstić information content (AvgIpc) is 2.30. The van der Waals surface area contributed by atoms with E-state index >= 15 is 0 Å². The summed E-state index contributed by atoms with van der Waals surface area (Å²) in [6.07, 6.45) is 4.97. The van der Waals surface area contributed by atoms with E-state index in [4.69, 9.17) is 0 Å². The second kappa shape index (κ2) is 7.35. The molecule has 1 rings (SSSR count). The third kappa shape index (κ3) is 4.29. The molecule has 1 unspecified atom stereocenters. The van der Waals surface area contributed by atoms with Gasteiger partial charge in [-0.1, -0.05) is 57.9 Å². The number of carbonyl (C=O) groups is 1. The first-order chi connectivity index (χ1) is 8.56. The van der Waals surface area contributed by atoms with Crippen molar-refractivity contribution in [2.45, 2.75) is 59.3 Å². The second-order valence-electron chi connectivity index (χ2n) is 5.53. The lowest BCUT2D eigenvalue weighted by atomic mass is 9.85. The van der Waals surface area contributed by atoms with Crippen molar-refractivity contribution in [2.24, 2.45) is 5.92 Å². The molecule has 0 aliphatic carbocycles. The zero-order chi connectivity index (χ0) is 13.5. The van der Waals surface area contributed by atoms with E-state index in [0.29, 0.717) is 5.92 Å². The lowest BCUT2D eigenvalue weighted by Crippen LogP contribution is -2.15. The Hall–Kier alpha value is -1.11. The molecule has 0 fully saturated rings. The molecular formula is C17H26O. The van der Waals surface area contributed by atoms with Crippen molar-refractivity contribution >= 4 is 5.78 Å². The van der Waals surface area contributed by atoms with Crippen molar-refractivity contribution in [3.63, 3.8) is 0 Å². The van der Waals surface area contributed by atoms with Crippen LogP contribution in [0, 0.1) is 5.92 Å². The predicted octanol–water partition coefficient (Wildman–Crippen LogP) is 4.75. The number of benzene rings is 1. The summed E-state index contributed by atoms with van der Waals surface area (Å²) in [6.45, 7) is 8.14. The van der Waals surface area contributed by atoms with Crippen LogP contribution in [0.2, 0.25) is 0 Å². The molecule has 0 saturated heterocycles. The lowest BCUT2D eigenvalue weighted by molar-refractivity contribution is -0.119. The summed E-state index contributed by atoms with van der Waals surface area (Å²) in [6, 6.07) is 8.63. The molecule has 1 nitrogen and oxygen atoms in total. The van der Waals surface area contributed by atoms with Crippen LogP contribution in [0.3, 0.4) is 0 Å². The maximum Gasteiger partial charge on any atom is 0.137 e. The van der Waals surface area contributed by atoms with Gasteiger partial charge in [-0.05, 0) is 36.8 Å². The van der Waals surface area contributed by atoms with Gasteiger partial charge in [0.15, 0.2) is 0 Å². The highest BCUT2D eigenvalue weighted by molar-refractivity contribution is 5.83. The van der Waals surface area contributed by atoms with Gasteiger partial charge >= 0.3 is 0 Å². The summed E-state index contributed by atoms with van der Waals surface area (Å²) in [4.78, 5) is 11.7. The number of carbonyl (C=O) groups excluding carboxylic acids is 1. The maximum atomic E-state index is 11.7. The molecule has 1 aromatic rings. The molecule has 0 amide bonds. The fraction of sp³-hybridized carbons (Fsp3) is 0.588. The number of hydrogen-bond donors (Lipinski definition) is 0. The van der Waals surface area contributed by atoms with Crippen LogP contribution in [-0.2, 0) is 11.2 Å². The van der Waals surface area contributed by atoms with E-state index in [-0.39, 0.29) is 11.7 Å². The monoisotopic (exact) mass is 246 g/mol. The Balaban J connectivity index is 2.71. The van der Waals surface area contributed by atoms with Gasteiger partial charge in [0.1, 0.15) is 5.78 Å². The van der Waals surface area contributed by atoms with Gasteiger partial charge < -0.3 is 0 Å². The first kappa shape index (κ1) is 14.9. The summed E-state index contributed by atoms with van der Waals surface area (Å²) in [5.41, 5.74) is 2.55. The molecular weight excluding hydrogens is 220 g/mol. The number of rotatable bonds is 7. The number of Topliss-reactive ketones (excluding diaryl/α,β-unsaturated/α-hetero) is 1. The Labute approximate surface area is 112 Å². The van der Waals surface area contributed by atoms with Crippen LogP contribution in [0.4, 0.5) is 0 Å². The van der Waals surface area contributed by atoms with Crippen molar-refractivity contribution < 1.29 is 4.79 Å². The third-order valence-corrected chi connectivity index (χ3v) is 3.51. The van der Waals surface area contributed by atoms with Crippen LogP contribution in [0.5, 0.6) is 0 Å². The van der Waals surface area contributed by atoms with Crippen molar-refractivity contribution in [2.75, 3.05) is 0 Å². The van der Waals surface area contributed by atoms with E-state index < -0.39 is 0 Å². The molecule has 1 aromatic carbocycles. The van der Waals surface area contributed by atoms with Crippen LogP contribution < -0.4 is 0 Å². The highest BCUT2D eigenvalue weighted by Gasteiger charge is 2.20. The number of unbranched alkanes of at least 4 members (excludes halogenated alkanes) is 2. The van der Waals surface area contributed by atoms with Gasteiger partial charge in [0.05, 0.1) is 0 Å². The zero-order valence-electron chi connectivity index (χ0n) is 12.2. The summed E-state index contributed by atoms with van der Waals surface area (Å²) in [5, 5.41) is 0. The largest absolute Gasteiger partial charge is 0.299 e. The number of aryl methyl sites for hydroxylation is 1. The Kier molecular flexibility index (Phi) is 6.11. The third-order valence-electron chi connectivity index (χ3n) is 3.51. The Morgan fingerprint density at radius 1 is 1.11 bits per heavy atom. The van der Waals surface area contributed by atoms with Gasteiger partial charge in [0, 0.05) is 5.92 Å². The van der Waals surface area contributed by atoms with Gasteiger partial charge in [0.25, 0.3) is 0 Å². The molecule has 100 valence electrons. The Morgan fingerprint density at radius 2 is 1.72 bits per heavy atom. The Bertz CT molecular complexity index is 362. The summed E-state index contributed by atoms with van der Waals surface area (Å²) >= 11 is 0. The van der Waals surface area contributed by atoms with Crippen LogP contribution >= 0.6 is 0 Å². The standard InChI is InChI=1S/C17H26O/c1-5-6-7-8-15-9-11-16(12-10-15)17(13(2)3)14(4)18/h9-13,17H,5-8H2,1-4H3. The first-order valence-electron chi connectivity index (χ1n) is 7.15. The topological polar surface area (TPSA) is 17.1 Å². The van der Waals surface area contributed by atoms with E-state index in [9.17, 15) is 4.79 Å². The normalized spacial score (nSPS) is 12.7. The van der Waals surface area contributed by atoms with E-state index in [0.717, 1.165) is 12.0 Å². The SMILES string of the molecule is CCCCCc1ccc(C(C(C)=O)C(C)C)cc1. The summed E-state index contributed by atoms with van der Waals surface area (Å²) in [5.74, 6) is 0.687. The van der Waals surface area contributed by atoms with Crippen molar-refractivity contribution in [1.82, 2.24) is 0 Å². The van der Waals surface area contributed by atoms with Crippen LogP contribution in [-0.4, -0.2) is 5.78 Å². The zero-order valence-corrected chi connectivity index (χ0v) is 12.2. The first-order valence-corrected chi connectivity index (χ1v) is 7.15. The molecule has 0 aromatic heterocycles. The minimum atomic E-state index is 0.0506. The van der Waals surface area contributed by atoms with Gasteiger partial charge in [0.2, 0.25) is 0 Å². The van der Waals surface area contributed by atoms with Crippen LogP contribution in [0.1, 0.15) is 64.0 Å². The van der Waals surface area contributed by atoms with Crippen molar-refractivity contribution in [3.8, 4) is 0 Å². The van der Waals surface area contributed by atoms with Crippen molar-refractivity contribution in [1.29, 1.82) is 0 Å². The molecule has 0 heterocycles. The second-order valence-corrected chi connectivity index (χ2v) is 5.53. The van der Waals surface area contributed by atoms with Gasteiger partial charge in [-0.25, -0.2) is 0 Å². The molecule has 18 heavy (non-hydrogen) atoms. The maximum absolute atomic E-state index is 11.7. The van der Waals surface area contributed by atoms with Gasteiger partial charge in [-0.3, -0.25) is 4.79 Å². The van der Waals surface area contributed by atoms with Gasteiger partial charge in [-0.2, -0.15) is 0 Å². The van der Waals surface area contributed by atoms with E-state index in [1.807, 2.05) is 0 Å². The highest BCUT2D eigenvalue weighted by atomic mass is 16.1. The minimum Gasteiger partial charge on any atom is -0.299 e. The Morgan fingerprint density at radius 3 is 2.17 bits per heavy atom. The van der Waals surface area contributed by atoms with E-state index in [2.05, 4.69) is 45.0 Å². The number of hydrogen-bond acceptors (Lipinski definition) is 1. The lowest BCUT2D eigenvalue weighted by Gasteiger charge is -2.18. The molecule has 0 bridgehead atoms. The van der Waals surface area contributed by atoms with Gasteiger partial charge in [-0.15, -0.1) is 0 Å². The highest BCUT2D eigenvalue weighted by Crippen LogP contribution is 2.25. The molecule has 0 N–H and O–H groups in total. The van der Waals surface area contributed by atoms with Crippen LogP contribution in [0.25, 0.3) is 0 Å². The molecule has 0 aliphatic rings. The fourth-order valence-corrected chi connectivity index (χ4v) is 2.56. The molecule has 0 saturated carbocycles.